The maximum absolute atomic E-state index is 12.8. The Kier molecular flexibility index (Phi) is 15.7. The average molecular weight is 791 g/mol. The number of rotatable bonds is 14. The van der Waals surface area contributed by atoms with Gasteiger partial charge in [0.25, 0.3) is 0 Å². The van der Waals surface area contributed by atoms with Crippen LogP contribution in [0.1, 0.15) is 67.7 Å². The lowest BCUT2D eigenvalue weighted by molar-refractivity contribution is -0.116. The highest BCUT2D eigenvalue weighted by molar-refractivity contribution is 5.94. The van der Waals surface area contributed by atoms with E-state index in [-0.39, 0.29) is 60.7 Å². The summed E-state index contributed by atoms with van der Waals surface area (Å²) in [5.74, 6) is -0.131. The Hall–Kier alpha value is -4.91. The predicted molar refractivity (Wildman–Crippen MR) is 223 cm³/mol. The normalized spacial score (nSPS) is 15.7. The molecule has 8 N–H and O–H groups in total. The van der Waals surface area contributed by atoms with Gasteiger partial charge in [-0.05, 0) is 97.5 Å². The van der Waals surface area contributed by atoms with Crippen LogP contribution in [0.4, 0.5) is 16.2 Å². The Labute approximate surface area is 332 Å². The van der Waals surface area contributed by atoms with Gasteiger partial charge in [-0.15, -0.1) is 24.8 Å². The number of carbonyl (C=O) groups excluding carboxylic acids is 1. The summed E-state index contributed by atoms with van der Waals surface area (Å²) in [6.45, 7) is 0.745. The Morgan fingerprint density at radius 3 is 2.29 bits per heavy atom. The van der Waals surface area contributed by atoms with Gasteiger partial charge in [-0.25, -0.2) is 4.79 Å². The van der Waals surface area contributed by atoms with Crippen molar-refractivity contribution in [3.05, 3.63) is 124 Å². The number of fused-ring (bicyclic) bond motifs is 1. The quantitative estimate of drug-likeness (QED) is 0.0560. The zero-order chi connectivity index (χ0) is 37.3. The number of phenols is 1. The zero-order valence-corrected chi connectivity index (χ0v) is 32.1. The van der Waals surface area contributed by atoms with E-state index >= 15 is 0 Å². The highest BCUT2D eigenvalue weighted by atomic mass is 35.5. The van der Waals surface area contributed by atoms with Crippen LogP contribution in [0.3, 0.4) is 0 Å². The van der Waals surface area contributed by atoms with Gasteiger partial charge in [-0.2, -0.15) is 0 Å². The maximum Gasteiger partial charge on any atom is 0.412 e. The van der Waals surface area contributed by atoms with Gasteiger partial charge < -0.3 is 36.7 Å². The fraction of sp³-hybridized carbons (Fsp3) is 0.310. The number of carbonyl (C=O) groups is 2. The molecule has 1 atom stereocenters. The number of H-pyrrole nitrogens is 1. The first kappa shape index (κ1) is 42.8. The Morgan fingerprint density at radius 1 is 0.873 bits per heavy atom. The molecule has 0 aliphatic heterocycles. The Balaban J connectivity index is 0.00000336. The molecule has 55 heavy (non-hydrogen) atoms. The van der Waals surface area contributed by atoms with E-state index in [4.69, 9.17) is 5.73 Å². The predicted octanol–water partition coefficient (Wildman–Crippen LogP) is 7.67. The molecule has 13 heteroatoms. The van der Waals surface area contributed by atoms with Crippen molar-refractivity contribution in [2.75, 3.05) is 16.8 Å². The number of unbranched alkanes of at least 4 members (excludes halogenated alkanes) is 1. The van der Waals surface area contributed by atoms with Gasteiger partial charge in [0.1, 0.15) is 5.75 Å². The number of nitrogens with zero attached hydrogens (tertiary/aromatic N) is 1. The number of halogens is 2. The van der Waals surface area contributed by atoms with E-state index in [0.29, 0.717) is 47.2 Å². The number of aromatic hydroxyl groups is 1. The SMILES string of the molecule is Cl.Cl.NC1CCC(N(C(=O)O)c2cc(CCCCC(=O)Nc3ccc(CNC[C@H](O)c4ccc(O)c5[nH]c(=O)ccc45)cc3)ccc2-c2ccccc2)CC1. The first-order valence-electron chi connectivity index (χ1n) is 18.2. The van der Waals surface area contributed by atoms with Crippen LogP contribution < -0.4 is 26.8 Å². The number of phenolic OH excluding ortho intramolecular Hbond substituents is 1. The van der Waals surface area contributed by atoms with Gasteiger partial charge in [0.15, 0.2) is 0 Å². The van der Waals surface area contributed by atoms with E-state index in [1.54, 1.807) is 17.0 Å². The summed E-state index contributed by atoms with van der Waals surface area (Å²) in [5.41, 5.74) is 11.9. The van der Waals surface area contributed by atoms with Gasteiger partial charge in [-0.3, -0.25) is 14.5 Å². The third kappa shape index (κ3) is 11.1. The number of nitrogens with two attached hydrogens (primary N) is 1. The number of hydrogen-bond donors (Lipinski definition) is 7. The number of benzene rings is 4. The van der Waals surface area contributed by atoms with Gasteiger partial charge >= 0.3 is 6.09 Å². The minimum absolute atomic E-state index is 0. The number of aromatic nitrogens is 1. The van der Waals surface area contributed by atoms with Gasteiger partial charge in [0.2, 0.25) is 11.5 Å². The number of hydrogen-bond acceptors (Lipinski definition) is 7. The Bertz CT molecular complexity index is 2090. The van der Waals surface area contributed by atoms with E-state index in [9.17, 15) is 29.7 Å². The van der Waals surface area contributed by atoms with E-state index in [0.717, 1.165) is 60.8 Å². The molecule has 1 fully saturated rings. The lowest BCUT2D eigenvalue weighted by atomic mass is 9.89. The van der Waals surface area contributed by atoms with Crippen molar-refractivity contribution in [2.45, 2.75) is 76.1 Å². The maximum atomic E-state index is 12.8. The molecule has 2 amide bonds. The molecule has 5 aromatic rings. The van der Waals surface area contributed by atoms with Crippen molar-refractivity contribution in [1.29, 1.82) is 0 Å². The van der Waals surface area contributed by atoms with Crippen LogP contribution in [0.25, 0.3) is 22.0 Å². The third-order valence-corrected chi connectivity index (χ3v) is 10.0. The molecule has 1 aliphatic carbocycles. The number of pyridine rings is 1. The second-order valence-corrected chi connectivity index (χ2v) is 13.8. The standard InChI is InChI=1S/C42H47N5O6.2ClH/c43-30-13-17-32(18-14-30)47(42(52)53)36-24-27(12-19-33(36)29-7-2-1-3-8-29)6-4-5-9-39(50)45-31-15-10-28(11-16-31)25-44-26-38(49)34-20-22-37(48)41-35(34)21-23-40(51)46-41;;/h1-3,7-8,10-12,15-16,19-24,30,32,38,44,48-49H,4-6,9,13-14,17-18,25-26,43H2,(H,45,50)(H,46,51)(H,52,53);2*1H/t30?,32?,38-;;/m0../s1. The molecule has 1 aliphatic rings. The van der Waals surface area contributed by atoms with Gasteiger partial charge in [0.05, 0.1) is 17.3 Å². The molecule has 0 saturated heterocycles. The van der Waals surface area contributed by atoms with Crippen LogP contribution in [0.2, 0.25) is 0 Å². The second-order valence-electron chi connectivity index (χ2n) is 13.8. The number of aryl methyl sites for hydroxylation is 1. The van der Waals surface area contributed by atoms with E-state index in [1.165, 1.54) is 12.1 Å². The van der Waals surface area contributed by atoms with E-state index in [1.807, 2.05) is 66.7 Å². The molecule has 11 nitrogen and oxygen atoms in total. The molecule has 4 aromatic carbocycles. The van der Waals surface area contributed by atoms with Crippen LogP contribution in [0, 0.1) is 0 Å². The topological polar surface area (TPSA) is 181 Å². The molecule has 1 aromatic heterocycles. The summed E-state index contributed by atoms with van der Waals surface area (Å²) in [7, 11) is 0. The summed E-state index contributed by atoms with van der Waals surface area (Å²) in [6, 6.07) is 29.5. The van der Waals surface area contributed by atoms with Gasteiger partial charge in [0, 0.05) is 54.3 Å². The van der Waals surface area contributed by atoms with Crippen molar-refractivity contribution in [2.24, 2.45) is 5.73 Å². The zero-order valence-electron chi connectivity index (χ0n) is 30.4. The highest BCUT2D eigenvalue weighted by Gasteiger charge is 2.30. The number of anilines is 2. The number of nitrogens with one attached hydrogen (secondary N) is 3. The number of amides is 2. The first-order chi connectivity index (χ1) is 25.7. The molecular formula is C42H49Cl2N5O6. The number of carboxylic acid groups (broad SMARTS) is 1. The molecular weight excluding hydrogens is 741 g/mol. The highest BCUT2D eigenvalue weighted by Crippen LogP contribution is 2.36. The lowest BCUT2D eigenvalue weighted by Crippen LogP contribution is -2.44. The van der Waals surface area contributed by atoms with Crippen molar-refractivity contribution in [1.82, 2.24) is 10.3 Å². The third-order valence-electron chi connectivity index (χ3n) is 10.0. The number of aliphatic hydroxyl groups is 1. The van der Waals surface area contributed by atoms with Crippen molar-refractivity contribution in [3.63, 3.8) is 0 Å². The minimum atomic E-state index is -0.959. The first-order valence-corrected chi connectivity index (χ1v) is 18.2. The fourth-order valence-corrected chi connectivity index (χ4v) is 7.17. The molecule has 0 spiro atoms. The van der Waals surface area contributed by atoms with Crippen LogP contribution in [0.15, 0.2) is 102 Å². The molecule has 6 rings (SSSR count). The monoisotopic (exact) mass is 789 g/mol. The number of aromatic amines is 1. The van der Waals surface area contributed by atoms with Crippen LogP contribution >= 0.6 is 24.8 Å². The van der Waals surface area contributed by atoms with Crippen molar-refractivity contribution < 1.29 is 24.9 Å². The summed E-state index contributed by atoms with van der Waals surface area (Å²) in [5, 5.41) is 38.1. The average Bonchev–Trinajstić information content (AvgIpc) is 3.15. The largest absolute Gasteiger partial charge is 0.506 e. The molecule has 292 valence electrons. The molecule has 1 saturated carbocycles. The molecule has 0 radical (unpaired) electrons. The smallest absolute Gasteiger partial charge is 0.412 e. The summed E-state index contributed by atoms with van der Waals surface area (Å²) >= 11 is 0. The lowest BCUT2D eigenvalue weighted by Gasteiger charge is -2.35. The molecule has 0 bridgehead atoms. The van der Waals surface area contributed by atoms with E-state index in [2.05, 4.69) is 21.7 Å². The second kappa shape index (κ2) is 20.1. The fourth-order valence-electron chi connectivity index (χ4n) is 7.17. The molecule has 1 heterocycles. The molecule has 0 unspecified atom stereocenters. The summed E-state index contributed by atoms with van der Waals surface area (Å²) in [6.07, 6.45) is 3.78. The van der Waals surface area contributed by atoms with Crippen LogP contribution in [-0.2, 0) is 17.8 Å². The summed E-state index contributed by atoms with van der Waals surface area (Å²) in [4.78, 5) is 41.3. The van der Waals surface area contributed by atoms with Crippen molar-refractivity contribution >= 4 is 59.1 Å². The Morgan fingerprint density at radius 2 is 1.58 bits per heavy atom. The van der Waals surface area contributed by atoms with Gasteiger partial charge in [-0.1, -0.05) is 60.7 Å². The summed E-state index contributed by atoms with van der Waals surface area (Å²) < 4.78 is 0. The van der Waals surface area contributed by atoms with Crippen LogP contribution in [0.5, 0.6) is 5.75 Å². The number of aliphatic hydroxyl groups excluding tert-OH is 1. The van der Waals surface area contributed by atoms with Crippen LogP contribution in [-0.4, -0.2) is 50.9 Å². The van der Waals surface area contributed by atoms with Crippen molar-refractivity contribution in [3.8, 4) is 16.9 Å². The minimum Gasteiger partial charge on any atom is -0.506 e. The van der Waals surface area contributed by atoms with E-state index < -0.39 is 12.2 Å².